The first-order chi connectivity index (χ1) is 31.0. The molecule has 14 nitrogen and oxygen atoms in total. The number of aromatic nitrogens is 3. The van der Waals surface area contributed by atoms with E-state index in [1.165, 1.54) is 24.1 Å². The summed E-state index contributed by atoms with van der Waals surface area (Å²) >= 11 is 1.15. The molecule has 2 aromatic carbocycles. The number of halogens is 3. The number of aryl methyl sites for hydroxylation is 1. The Hall–Kier alpha value is -5.69. The molecule has 4 aliphatic rings. The van der Waals surface area contributed by atoms with Gasteiger partial charge in [-0.05, 0) is 75.6 Å². The van der Waals surface area contributed by atoms with Crippen LogP contribution in [-0.4, -0.2) is 82.9 Å². The number of methoxy groups -OCH3 is 1. The number of esters is 1. The maximum Gasteiger partial charge on any atom is 0.416 e. The zero-order chi connectivity index (χ0) is 45.8. The quantitative estimate of drug-likeness (QED) is 0.111. The van der Waals surface area contributed by atoms with Crippen LogP contribution in [0.25, 0.3) is 33.5 Å². The van der Waals surface area contributed by atoms with E-state index < -0.39 is 68.2 Å². The van der Waals surface area contributed by atoms with Gasteiger partial charge in [-0.1, -0.05) is 49.3 Å². The van der Waals surface area contributed by atoms with Gasteiger partial charge in [0.15, 0.2) is 11.6 Å². The highest BCUT2D eigenvalue weighted by Crippen LogP contribution is 2.57. The Morgan fingerprint density at radius 1 is 1.02 bits per heavy atom. The molecule has 2 saturated carbocycles. The van der Waals surface area contributed by atoms with Crippen molar-refractivity contribution in [3.05, 3.63) is 81.8 Å². The molecule has 0 unspecified atom stereocenters. The number of nitrogens with one attached hydrogen (secondary N) is 1. The summed E-state index contributed by atoms with van der Waals surface area (Å²) in [7, 11) is -2.65. The lowest BCUT2D eigenvalue weighted by molar-refractivity contribution is -0.142. The lowest BCUT2D eigenvalue weighted by Crippen LogP contribution is -2.46. The van der Waals surface area contributed by atoms with Crippen molar-refractivity contribution in [1.29, 1.82) is 0 Å². The van der Waals surface area contributed by atoms with E-state index in [-0.39, 0.29) is 66.9 Å². The molecule has 1 saturated heterocycles. The molecule has 3 aromatic heterocycles. The van der Waals surface area contributed by atoms with Gasteiger partial charge in [0.2, 0.25) is 27.4 Å². The molecule has 342 valence electrons. The van der Waals surface area contributed by atoms with E-state index in [2.05, 4.69) is 19.7 Å². The Morgan fingerprint density at radius 3 is 2.52 bits per heavy atom. The minimum Gasteiger partial charge on any atom is -0.470 e. The summed E-state index contributed by atoms with van der Waals surface area (Å²) in [5, 5.41) is 0.495. The van der Waals surface area contributed by atoms with Crippen LogP contribution >= 0.6 is 11.3 Å². The van der Waals surface area contributed by atoms with E-state index in [1.807, 2.05) is 12.2 Å². The summed E-state index contributed by atoms with van der Waals surface area (Å²) in [6, 6.07) is 10.4. The predicted molar refractivity (Wildman–Crippen MR) is 232 cm³/mol. The van der Waals surface area contributed by atoms with Crippen molar-refractivity contribution in [3.63, 3.8) is 0 Å². The number of para-hydroxylation sites is 1. The number of furan rings is 1. The predicted octanol–water partition coefficient (Wildman–Crippen LogP) is 7.91. The van der Waals surface area contributed by atoms with Crippen LogP contribution in [-0.2, 0) is 41.7 Å². The smallest absolute Gasteiger partial charge is 0.416 e. The van der Waals surface area contributed by atoms with Gasteiger partial charge in [-0.2, -0.15) is 18.2 Å². The molecule has 2 aliphatic carbocycles. The van der Waals surface area contributed by atoms with E-state index in [9.17, 15) is 36.0 Å². The molecule has 5 atom stereocenters. The topological polar surface area (TPSA) is 188 Å². The number of ketones is 1. The van der Waals surface area contributed by atoms with Gasteiger partial charge in [0.05, 0.1) is 46.6 Å². The number of rotatable bonds is 9. The lowest BCUT2D eigenvalue weighted by atomic mass is 9.90. The van der Waals surface area contributed by atoms with Gasteiger partial charge in [-0.25, -0.2) is 23.2 Å². The number of carbonyl (C=O) groups excluding carboxylic acids is 4. The SMILES string of the molecule is COC(=O)c1sc(C[C@H]2CCCCC/C=C\[C@@H]3C[C@@]3(C(=O)NS(=O)(=O)C3CC3)CC(=O)[C@@H]3C[C@@H](Oc4nc(-c5ccc(C(F)(F)F)cc5)nc5c4oc4ccccc45)CN3C2=O)nc1C. The second-order valence-electron chi connectivity index (χ2n) is 17.5. The van der Waals surface area contributed by atoms with Gasteiger partial charge in [0.25, 0.3) is 5.88 Å². The number of hydrogen-bond acceptors (Lipinski definition) is 13. The Bertz CT molecular complexity index is 2840. The Morgan fingerprint density at radius 2 is 1.78 bits per heavy atom. The molecule has 0 bridgehead atoms. The zero-order valence-electron chi connectivity index (χ0n) is 35.6. The Kier molecular flexibility index (Phi) is 11.8. The maximum absolute atomic E-state index is 15.0. The summed E-state index contributed by atoms with van der Waals surface area (Å²) in [6.07, 6.45) is 2.82. The van der Waals surface area contributed by atoms with Crippen molar-refractivity contribution in [2.45, 2.75) is 101 Å². The van der Waals surface area contributed by atoms with Gasteiger partial charge in [0.1, 0.15) is 22.1 Å². The highest BCUT2D eigenvalue weighted by atomic mass is 32.2. The normalized spacial score (nSPS) is 24.8. The molecule has 2 aliphatic heterocycles. The third-order valence-corrected chi connectivity index (χ3v) is 15.9. The van der Waals surface area contributed by atoms with E-state index in [1.54, 1.807) is 31.2 Å². The minimum absolute atomic E-state index is 0.0277. The number of carbonyl (C=O) groups is 4. The number of sulfonamides is 1. The number of hydrogen-bond donors (Lipinski definition) is 1. The van der Waals surface area contributed by atoms with Gasteiger partial charge in [-0.3, -0.25) is 19.1 Å². The van der Waals surface area contributed by atoms with Crippen LogP contribution in [0, 0.1) is 24.2 Å². The van der Waals surface area contributed by atoms with E-state index in [0.717, 1.165) is 36.3 Å². The third-order valence-electron chi connectivity index (χ3n) is 12.9. The zero-order valence-corrected chi connectivity index (χ0v) is 37.2. The van der Waals surface area contributed by atoms with E-state index in [4.69, 9.17) is 13.9 Å². The van der Waals surface area contributed by atoms with Crippen LogP contribution in [0.15, 0.2) is 65.1 Å². The lowest BCUT2D eigenvalue weighted by Gasteiger charge is -2.29. The number of amides is 2. The molecule has 65 heavy (non-hydrogen) atoms. The van der Waals surface area contributed by atoms with Crippen molar-refractivity contribution in [2.24, 2.45) is 17.3 Å². The number of allylic oxidation sites excluding steroid dienone is 2. The molecule has 0 spiro atoms. The fraction of sp³-hybridized carbons (Fsp3) is 0.457. The summed E-state index contributed by atoms with van der Waals surface area (Å²) in [5.74, 6) is -3.10. The number of thiazole rings is 1. The van der Waals surface area contributed by atoms with Crippen LogP contribution in [0.4, 0.5) is 13.2 Å². The van der Waals surface area contributed by atoms with Crippen LogP contribution in [0.3, 0.4) is 0 Å². The molecule has 0 radical (unpaired) electrons. The second kappa shape index (κ2) is 17.3. The standard InChI is InChI=1S/C46H46F3N5O9S2/c1-25-39(43(57)61-2)64-36(50-25)20-27-10-6-4-3-5-7-11-29-22-45(29,44(58)53-65(59,60)31-18-19-31)23-34(55)33-21-30(24-54(33)42(27)56)62-41-38-37(32-12-8-9-13-35(32)63-38)51-40(52-41)26-14-16-28(17-15-26)46(47,48)49/h7-9,11-17,27,29-31,33H,3-6,10,18-24H2,1-2H3,(H,53,58)/b11-7-/t27-,29-,30-,33+,45-/m1/s1. The van der Waals surface area contributed by atoms with Crippen molar-refractivity contribution in [3.8, 4) is 17.3 Å². The second-order valence-corrected chi connectivity index (χ2v) is 20.5. The number of fused-ring (bicyclic) bond motifs is 5. The number of ether oxygens (including phenoxy) is 2. The average Bonchev–Trinajstić information content (AvgIpc) is 4.13. The maximum atomic E-state index is 15.0. The van der Waals surface area contributed by atoms with Gasteiger partial charge >= 0.3 is 12.1 Å². The average molecular weight is 934 g/mol. The van der Waals surface area contributed by atoms with Gasteiger partial charge in [0, 0.05) is 36.1 Å². The van der Waals surface area contributed by atoms with Crippen molar-refractivity contribution in [2.75, 3.05) is 13.7 Å². The summed E-state index contributed by atoms with van der Waals surface area (Å²) in [6.45, 7) is 1.60. The Labute approximate surface area is 376 Å². The molecule has 19 heteroatoms. The fourth-order valence-corrected chi connectivity index (χ4v) is 11.5. The number of alkyl halides is 3. The first-order valence-electron chi connectivity index (χ1n) is 21.7. The number of nitrogens with zero attached hydrogens (tertiary/aromatic N) is 4. The van der Waals surface area contributed by atoms with E-state index >= 15 is 4.79 Å². The van der Waals surface area contributed by atoms with Crippen LogP contribution in [0.1, 0.15) is 90.1 Å². The highest BCUT2D eigenvalue weighted by Gasteiger charge is 2.61. The molecule has 3 fully saturated rings. The largest absolute Gasteiger partial charge is 0.470 e. The molecule has 9 rings (SSSR count). The Balaban J connectivity index is 1.08. The first kappa shape index (κ1) is 44.5. The number of Topliss-reactive ketones (excluding diaryl/α,β-unsaturated/α-hetero) is 1. The highest BCUT2D eigenvalue weighted by molar-refractivity contribution is 7.90. The molecular weight excluding hydrogens is 888 g/mol. The van der Waals surface area contributed by atoms with Crippen LogP contribution < -0.4 is 9.46 Å². The van der Waals surface area contributed by atoms with Crippen LogP contribution in [0.5, 0.6) is 5.88 Å². The van der Waals surface area contributed by atoms with Crippen molar-refractivity contribution >= 4 is 67.0 Å². The fourth-order valence-electron chi connectivity index (χ4n) is 9.09. The monoisotopic (exact) mass is 933 g/mol. The van der Waals surface area contributed by atoms with Crippen LogP contribution in [0.2, 0.25) is 0 Å². The summed E-state index contributed by atoms with van der Waals surface area (Å²) < 4.78 is 86.6. The number of benzene rings is 2. The third kappa shape index (κ3) is 9.00. The molecular formula is C46H46F3N5O9S2. The summed E-state index contributed by atoms with van der Waals surface area (Å²) in [4.78, 5) is 72.1. The van der Waals surface area contributed by atoms with Gasteiger partial charge in [-0.15, -0.1) is 11.3 Å². The van der Waals surface area contributed by atoms with Crippen molar-refractivity contribution in [1.82, 2.24) is 24.6 Å². The first-order valence-corrected chi connectivity index (χ1v) is 24.0. The summed E-state index contributed by atoms with van der Waals surface area (Å²) in [5.41, 5.74) is -0.493. The molecule has 5 aromatic rings. The molecule has 1 N–H and O–H groups in total. The molecule has 5 heterocycles. The van der Waals surface area contributed by atoms with Gasteiger partial charge < -0.3 is 18.8 Å². The van der Waals surface area contributed by atoms with E-state index in [0.29, 0.717) is 64.2 Å². The minimum atomic E-state index is -4.56. The van der Waals surface area contributed by atoms with Crippen molar-refractivity contribution < 1.29 is 54.7 Å². The molecule has 2 amide bonds.